The van der Waals surface area contributed by atoms with Gasteiger partial charge in [-0.05, 0) is 55.0 Å². The molecule has 0 fully saturated rings. The van der Waals surface area contributed by atoms with Crippen LogP contribution >= 0.6 is 11.6 Å². The number of halogens is 1. The SMILES string of the molecule is CCOc1cc(C=CC(=O)O)ccc1OCCOc1ccc(Cl)cc1. The Morgan fingerprint density at radius 3 is 2.44 bits per heavy atom. The van der Waals surface area contributed by atoms with Crippen LogP contribution in [-0.4, -0.2) is 30.9 Å². The van der Waals surface area contributed by atoms with E-state index in [2.05, 4.69) is 0 Å². The van der Waals surface area contributed by atoms with Crippen LogP contribution in [0.25, 0.3) is 6.08 Å². The van der Waals surface area contributed by atoms with E-state index >= 15 is 0 Å². The molecule has 1 N–H and O–H groups in total. The molecule has 0 amide bonds. The molecule has 2 rings (SSSR count). The quantitative estimate of drug-likeness (QED) is 0.532. The molecular weight excluding hydrogens is 344 g/mol. The summed E-state index contributed by atoms with van der Waals surface area (Å²) in [4.78, 5) is 10.6. The summed E-state index contributed by atoms with van der Waals surface area (Å²) < 4.78 is 16.8. The fraction of sp³-hybridized carbons (Fsp3) is 0.211. The second-order valence-electron chi connectivity index (χ2n) is 4.96. The summed E-state index contributed by atoms with van der Waals surface area (Å²) in [6.45, 7) is 3.05. The van der Waals surface area contributed by atoms with Gasteiger partial charge in [-0.15, -0.1) is 0 Å². The van der Waals surface area contributed by atoms with Gasteiger partial charge in [0.2, 0.25) is 0 Å². The first-order chi connectivity index (χ1) is 12.1. The Kier molecular flexibility index (Phi) is 7.16. The highest BCUT2D eigenvalue weighted by molar-refractivity contribution is 6.30. The molecule has 0 aliphatic carbocycles. The molecule has 0 unspecified atom stereocenters. The summed E-state index contributed by atoms with van der Waals surface area (Å²) in [5, 5.41) is 9.35. The Hall–Kier alpha value is -2.66. The third kappa shape index (κ3) is 6.39. The van der Waals surface area contributed by atoms with E-state index in [1.165, 1.54) is 6.08 Å². The number of carbonyl (C=O) groups is 1. The summed E-state index contributed by atoms with van der Waals surface area (Å²) in [5.41, 5.74) is 0.718. The van der Waals surface area contributed by atoms with Crippen molar-refractivity contribution >= 4 is 23.6 Å². The largest absolute Gasteiger partial charge is 0.490 e. The van der Waals surface area contributed by atoms with Crippen LogP contribution in [0.1, 0.15) is 12.5 Å². The number of rotatable bonds is 9. The van der Waals surface area contributed by atoms with E-state index in [1.54, 1.807) is 42.5 Å². The predicted molar refractivity (Wildman–Crippen MR) is 96.7 cm³/mol. The average molecular weight is 363 g/mol. The van der Waals surface area contributed by atoms with Gasteiger partial charge >= 0.3 is 5.97 Å². The van der Waals surface area contributed by atoms with Gasteiger partial charge < -0.3 is 19.3 Å². The number of carboxylic acids is 1. The lowest BCUT2D eigenvalue weighted by molar-refractivity contribution is -0.131. The van der Waals surface area contributed by atoms with Gasteiger partial charge in [0.25, 0.3) is 0 Å². The zero-order chi connectivity index (χ0) is 18.1. The van der Waals surface area contributed by atoms with Crippen molar-refractivity contribution in [1.82, 2.24) is 0 Å². The van der Waals surface area contributed by atoms with E-state index < -0.39 is 5.97 Å². The molecule has 0 aliphatic heterocycles. The van der Waals surface area contributed by atoms with Crippen molar-refractivity contribution in [1.29, 1.82) is 0 Å². The molecule has 2 aromatic carbocycles. The van der Waals surface area contributed by atoms with Crippen molar-refractivity contribution in [3.63, 3.8) is 0 Å². The first kappa shape index (κ1) is 18.7. The minimum Gasteiger partial charge on any atom is -0.490 e. The monoisotopic (exact) mass is 362 g/mol. The standard InChI is InChI=1S/C19H19ClO5/c1-2-23-18-13-14(4-10-19(21)22)3-9-17(18)25-12-11-24-16-7-5-15(20)6-8-16/h3-10,13H,2,11-12H2,1H3,(H,21,22). The Balaban J connectivity index is 1.93. The van der Waals surface area contributed by atoms with Crippen LogP contribution in [0.2, 0.25) is 5.02 Å². The smallest absolute Gasteiger partial charge is 0.328 e. The number of carboxylic acid groups (broad SMARTS) is 1. The molecule has 6 heteroatoms. The molecule has 0 saturated carbocycles. The van der Waals surface area contributed by atoms with Crippen LogP contribution in [0.4, 0.5) is 0 Å². The minimum absolute atomic E-state index is 0.340. The van der Waals surface area contributed by atoms with E-state index in [1.807, 2.05) is 6.92 Å². The maximum absolute atomic E-state index is 10.6. The molecule has 2 aromatic rings. The Morgan fingerprint density at radius 1 is 1.04 bits per heavy atom. The zero-order valence-electron chi connectivity index (χ0n) is 13.8. The summed E-state index contributed by atoms with van der Waals surface area (Å²) in [6.07, 6.45) is 2.57. The molecule has 0 saturated heterocycles. The fourth-order valence-corrected chi connectivity index (χ4v) is 2.15. The molecule has 132 valence electrons. The summed E-state index contributed by atoms with van der Waals surface area (Å²) in [6, 6.07) is 12.3. The number of hydrogen-bond donors (Lipinski definition) is 1. The van der Waals surface area contributed by atoms with Crippen molar-refractivity contribution in [2.45, 2.75) is 6.92 Å². The Morgan fingerprint density at radius 2 is 1.76 bits per heavy atom. The van der Waals surface area contributed by atoms with Gasteiger partial charge in [0.05, 0.1) is 6.61 Å². The summed E-state index contributed by atoms with van der Waals surface area (Å²) in [5.74, 6) is 0.848. The Bertz CT molecular complexity index is 725. The average Bonchev–Trinajstić information content (AvgIpc) is 2.60. The summed E-state index contributed by atoms with van der Waals surface area (Å²) >= 11 is 5.82. The Labute approximate surface area is 151 Å². The van der Waals surface area contributed by atoms with Gasteiger partial charge in [0, 0.05) is 11.1 Å². The van der Waals surface area contributed by atoms with Gasteiger partial charge in [-0.25, -0.2) is 4.79 Å². The second kappa shape index (κ2) is 9.59. The molecule has 0 aromatic heterocycles. The van der Waals surface area contributed by atoms with E-state index in [9.17, 15) is 4.79 Å². The van der Waals surface area contributed by atoms with E-state index in [4.69, 9.17) is 30.9 Å². The van der Waals surface area contributed by atoms with Crippen molar-refractivity contribution in [3.8, 4) is 17.2 Å². The number of hydrogen-bond acceptors (Lipinski definition) is 4. The van der Waals surface area contributed by atoms with Crippen LogP contribution in [0, 0.1) is 0 Å². The van der Waals surface area contributed by atoms with Crippen LogP contribution in [0.3, 0.4) is 0 Å². The zero-order valence-corrected chi connectivity index (χ0v) is 14.5. The van der Waals surface area contributed by atoms with Gasteiger partial charge in [-0.3, -0.25) is 0 Å². The van der Waals surface area contributed by atoms with Gasteiger partial charge in [0.1, 0.15) is 19.0 Å². The lowest BCUT2D eigenvalue weighted by Crippen LogP contribution is -2.09. The van der Waals surface area contributed by atoms with Crippen LogP contribution in [0.15, 0.2) is 48.5 Å². The van der Waals surface area contributed by atoms with E-state index in [-0.39, 0.29) is 0 Å². The first-order valence-corrected chi connectivity index (χ1v) is 8.15. The van der Waals surface area contributed by atoms with Crippen molar-refractivity contribution in [2.24, 2.45) is 0 Å². The predicted octanol–water partition coefficient (Wildman–Crippen LogP) is 4.29. The van der Waals surface area contributed by atoms with Gasteiger partial charge in [-0.2, -0.15) is 0 Å². The van der Waals surface area contributed by atoms with Crippen LogP contribution < -0.4 is 14.2 Å². The lowest BCUT2D eigenvalue weighted by atomic mass is 10.2. The third-order valence-corrected chi connectivity index (χ3v) is 3.36. The molecule has 0 bridgehead atoms. The highest BCUT2D eigenvalue weighted by atomic mass is 35.5. The third-order valence-electron chi connectivity index (χ3n) is 3.11. The molecular formula is C19H19ClO5. The molecule has 5 nitrogen and oxygen atoms in total. The minimum atomic E-state index is -1.00. The van der Waals surface area contributed by atoms with Crippen molar-refractivity contribution in [2.75, 3.05) is 19.8 Å². The molecule has 0 atom stereocenters. The molecule has 0 spiro atoms. The topological polar surface area (TPSA) is 65.0 Å². The van der Waals surface area contributed by atoms with Crippen LogP contribution in [0.5, 0.6) is 17.2 Å². The van der Waals surface area contributed by atoms with E-state index in [0.29, 0.717) is 42.1 Å². The number of benzene rings is 2. The van der Waals surface area contributed by atoms with Crippen molar-refractivity contribution in [3.05, 3.63) is 59.1 Å². The molecule has 0 aliphatic rings. The normalized spacial score (nSPS) is 10.6. The number of ether oxygens (including phenoxy) is 3. The molecule has 25 heavy (non-hydrogen) atoms. The first-order valence-electron chi connectivity index (χ1n) is 7.77. The van der Waals surface area contributed by atoms with Gasteiger partial charge in [-0.1, -0.05) is 17.7 Å². The lowest BCUT2D eigenvalue weighted by Gasteiger charge is -2.13. The highest BCUT2D eigenvalue weighted by Gasteiger charge is 2.06. The molecule has 0 radical (unpaired) electrons. The maximum Gasteiger partial charge on any atom is 0.328 e. The van der Waals surface area contributed by atoms with Crippen molar-refractivity contribution < 1.29 is 24.1 Å². The van der Waals surface area contributed by atoms with Crippen LogP contribution in [-0.2, 0) is 4.79 Å². The molecule has 0 heterocycles. The number of aliphatic carboxylic acids is 1. The van der Waals surface area contributed by atoms with E-state index in [0.717, 1.165) is 11.6 Å². The maximum atomic E-state index is 10.6. The highest BCUT2D eigenvalue weighted by Crippen LogP contribution is 2.29. The fourth-order valence-electron chi connectivity index (χ4n) is 2.03. The van der Waals surface area contributed by atoms with Gasteiger partial charge in [0.15, 0.2) is 11.5 Å². The second-order valence-corrected chi connectivity index (χ2v) is 5.40. The summed E-state index contributed by atoms with van der Waals surface area (Å²) in [7, 11) is 0.